The number of hydrogen-bond acceptors (Lipinski definition) is 4. The monoisotopic (exact) mass is 210 g/mol. The standard InChI is InChI=1S/C11H18N2O2/c1-4-8(10-12-5-6-14-10)9-7-15-11(2,3)13-9/h5-6,8-9,13H,4,7H2,1-3H3. The summed E-state index contributed by atoms with van der Waals surface area (Å²) in [6.45, 7) is 6.93. The first-order valence-corrected chi connectivity index (χ1v) is 5.43. The molecule has 0 saturated carbocycles. The fourth-order valence-corrected chi connectivity index (χ4v) is 2.09. The summed E-state index contributed by atoms with van der Waals surface area (Å²) in [6, 6.07) is 0.295. The molecule has 0 aromatic carbocycles. The van der Waals surface area contributed by atoms with Crippen LogP contribution < -0.4 is 5.32 Å². The number of rotatable bonds is 3. The third-order valence-electron chi connectivity index (χ3n) is 2.85. The number of ether oxygens (including phenoxy) is 1. The van der Waals surface area contributed by atoms with Gasteiger partial charge in [-0.1, -0.05) is 6.92 Å². The number of nitrogens with zero attached hydrogens (tertiary/aromatic N) is 1. The van der Waals surface area contributed by atoms with Crippen LogP contribution in [0.25, 0.3) is 0 Å². The van der Waals surface area contributed by atoms with Crippen molar-refractivity contribution in [2.45, 2.75) is 44.9 Å². The molecule has 2 atom stereocenters. The summed E-state index contributed by atoms with van der Waals surface area (Å²) in [4.78, 5) is 4.22. The molecule has 0 spiro atoms. The van der Waals surface area contributed by atoms with Crippen molar-refractivity contribution in [3.8, 4) is 0 Å². The van der Waals surface area contributed by atoms with Crippen LogP contribution in [-0.2, 0) is 4.74 Å². The summed E-state index contributed by atoms with van der Waals surface area (Å²) in [5.74, 6) is 1.10. The van der Waals surface area contributed by atoms with Crippen molar-refractivity contribution >= 4 is 0 Å². The summed E-state index contributed by atoms with van der Waals surface area (Å²) >= 11 is 0. The maximum Gasteiger partial charge on any atom is 0.198 e. The van der Waals surface area contributed by atoms with Crippen LogP contribution in [0.3, 0.4) is 0 Å². The van der Waals surface area contributed by atoms with Crippen molar-refractivity contribution in [2.24, 2.45) is 0 Å². The van der Waals surface area contributed by atoms with Crippen LogP contribution in [-0.4, -0.2) is 23.4 Å². The van der Waals surface area contributed by atoms with Gasteiger partial charge in [-0.05, 0) is 20.3 Å². The summed E-state index contributed by atoms with van der Waals surface area (Å²) in [5, 5.41) is 3.45. The van der Waals surface area contributed by atoms with Gasteiger partial charge in [-0.3, -0.25) is 5.32 Å². The van der Waals surface area contributed by atoms with Crippen molar-refractivity contribution in [3.05, 3.63) is 18.4 Å². The Morgan fingerprint density at radius 3 is 2.93 bits per heavy atom. The van der Waals surface area contributed by atoms with Gasteiger partial charge >= 0.3 is 0 Å². The Morgan fingerprint density at radius 2 is 2.47 bits per heavy atom. The number of aromatic nitrogens is 1. The molecule has 1 saturated heterocycles. The van der Waals surface area contributed by atoms with Crippen LogP contribution in [0.5, 0.6) is 0 Å². The molecular weight excluding hydrogens is 192 g/mol. The molecule has 84 valence electrons. The van der Waals surface area contributed by atoms with Gasteiger partial charge in [0.25, 0.3) is 0 Å². The Balaban J connectivity index is 2.09. The van der Waals surface area contributed by atoms with E-state index in [1.165, 1.54) is 0 Å². The average molecular weight is 210 g/mol. The zero-order chi connectivity index (χ0) is 10.9. The maximum absolute atomic E-state index is 5.65. The summed E-state index contributed by atoms with van der Waals surface area (Å²) in [5.41, 5.74) is -0.231. The predicted molar refractivity (Wildman–Crippen MR) is 56.5 cm³/mol. The highest BCUT2D eigenvalue weighted by atomic mass is 16.5. The zero-order valence-corrected chi connectivity index (χ0v) is 9.49. The van der Waals surface area contributed by atoms with Crippen molar-refractivity contribution in [2.75, 3.05) is 6.61 Å². The fraction of sp³-hybridized carbons (Fsp3) is 0.727. The second-order valence-corrected chi connectivity index (χ2v) is 4.46. The van der Waals surface area contributed by atoms with Crippen LogP contribution >= 0.6 is 0 Å². The lowest BCUT2D eigenvalue weighted by Gasteiger charge is -2.21. The van der Waals surface area contributed by atoms with E-state index in [2.05, 4.69) is 17.2 Å². The first-order valence-electron chi connectivity index (χ1n) is 5.43. The second-order valence-electron chi connectivity index (χ2n) is 4.46. The molecule has 2 unspecified atom stereocenters. The van der Waals surface area contributed by atoms with E-state index >= 15 is 0 Å². The van der Waals surface area contributed by atoms with Crippen LogP contribution in [0.2, 0.25) is 0 Å². The maximum atomic E-state index is 5.65. The van der Waals surface area contributed by atoms with E-state index < -0.39 is 0 Å². The Kier molecular flexibility index (Phi) is 2.80. The molecule has 0 radical (unpaired) electrons. The molecule has 1 aromatic rings. The van der Waals surface area contributed by atoms with E-state index in [1.807, 2.05) is 13.8 Å². The lowest BCUT2D eigenvalue weighted by Crippen LogP contribution is -2.41. The van der Waals surface area contributed by atoms with E-state index in [9.17, 15) is 0 Å². The second kappa shape index (κ2) is 3.94. The van der Waals surface area contributed by atoms with Crippen LogP contribution in [0.15, 0.2) is 16.9 Å². The van der Waals surface area contributed by atoms with Gasteiger partial charge in [0.15, 0.2) is 5.89 Å². The third kappa shape index (κ3) is 2.21. The van der Waals surface area contributed by atoms with E-state index in [4.69, 9.17) is 9.15 Å². The molecule has 0 amide bonds. The fourth-order valence-electron chi connectivity index (χ4n) is 2.09. The minimum atomic E-state index is -0.231. The highest BCUT2D eigenvalue weighted by Crippen LogP contribution is 2.28. The van der Waals surface area contributed by atoms with Crippen molar-refractivity contribution in [1.82, 2.24) is 10.3 Å². The predicted octanol–water partition coefficient (Wildman–Crippen LogP) is 1.89. The van der Waals surface area contributed by atoms with Crippen LogP contribution in [0.1, 0.15) is 39.0 Å². The smallest absolute Gasteiger partial charge is 0.198 e. The highest BCUT2D eigenvalue weighted by Gasteiger charge is 2.37. The molecule has 4 heteroatoms. The lowest BCUT2D eigenvalue weighted by molar-refractivity contribution is 0.0230. The Morgan fingerprint density at radius 1 is 1.67 bits per heavy atom. The quantitative estimate of drug-likeness (QED) is 0.827. The minimum Gasteiger partial charge on any atom is -0.449 e. The highest BCUT2D eigenvalue weighted by molar-refractivity contribution is 5.01. The molecule has 1 aliphatic rings. The molecule has 15 heavy (non-hydrogen) atoms. The van der Waals surface area contributed by atoms with Crippen LogP contribution in [0.4, 0.5) is 0 Å². The molecule has 2 heterocycles. The largest absolute Gasteiger partial charge is 0.449 e. The van der Waals surface area contributed by atoms with E-state index in [0.29, 0.717) is 18.6 Å². The van der Waals surface area contributed by atoms with Gasteiger partial charge in [0.1, 0.15) is 12.0 Å². The van der Waals surface area contributed by atoms with Gasteiger partial charge in [-0.15, -0.1) is 0 Å². The Labute approximate surface area is 90.0 Å². The van der Waals surface area contributed by atoms with E-state index in [0.717, 1.165) is 12.3 Å². The number of hydrogen-bond donors (Lipinski definition) is 1. The first-order chi connectivity index (χ1) is 7.12. The average Bonchev–Trinajstić information content (AvgIpc) is 2.77. The molecule has 0 aliphatic carbocycles. The van der Waals surface area contributed by atoms with Crippen molar-refractivity contribution in [1.29, 1.82) is 0 Å². The normalized spacial score (nSPS) is 26.7. The molecule has 1 N–H and O–H groups in total. The minimum absolute atomic E-state index is 0.231. The van der Waals surface area contributed by atoms with Crippen LogP contribution in [0, 0.1) is 0 Å². The van der Waals surface area contributed by atoms with Gasteiger partial charge < -0.3 is 9.15 Å². The van der Waals surface area contributed by atoms with Gasteiger partial charge in [0.05, 0.1) is 18.7 Å². The number of nitrogens with one attached hydrogen (secondary N) is 1. The van der Waals surface area contributed by atoms with Crippen molar-refractivity contribution in [3.63, 3.8) is 0 Å². The summed E-state index contributed by atoms with van der Waals surface area (Å²) < 4.78 is 11.0. The van der Waals surface area contributed by atoms with Gasteiger partial charge in [0.2, 0.25) is 0 Å². The molecular formula is C11H18N2O2. The summed E-state index contributed by atoms with van der Waals surface area (Å²) in [7, 11) is 0. The van der Waals surface area contributed by atoms with E-state index in [-0.39, 0.29) is 5.72 Å². The zero-order valence-electron chi connectivity index (χ0n) is 9.49. The van der Waals surface area contributed by atoms with Gasteiger partial charge in [-0.25, -0.2) is 4.98 Å². The number of oxazole rings is 1. The third-order valence-corrected chi connectivity index (χ3v) is 2.85. The molecule has 0 bridgehead atoms. The Hall–Kier alpha value is -0.870. The molecule has 1 aliphatic heterocycles. The molecule has 4 nitrogen and oxygen atoms in total. The Bertz CT molecular complexity index is 308. The van der Waals surface area contributed by atoms with E-state index in [1.54, 1.807) is 12.5 Å². The lowest BCUT2D eigenvalue weighted by atomic mass is 9.97. The molecule has 2 rings (SSSR count). The molecule has 1 fully saturated rings. The SMILES string of the molecule is CCC(c1ncco1)C1COC(C)(C)N1. The molecule has 1 aromatic heterocycles. The first kappa shape index (κ1) is 10.6. The van der Waals surface area contributed by atoms with Crippen molar-refractivity contribution < 1.29 is 9.15 Å². The topological polar surface area (TPSA) is 47.3 Å². The summed E-state index contributed by atoms with van der Waals surface area (Å²) in [6.07, 6.45) is 4.31. The van der Waals surface area contributed by atoms with Gasteiger partial charge in [-0.2, -0.15) is 0 Å². The van der Waals surface area contributed by atoms with Gasteiger partial charge in [0, 0.05) is 6.04 Å².